The van der Waals surface area contributed by atoms with Crippen LogP contribution in [0.3, 0.4) is 0 Å². The Morgan fingerprint density at radius 1 is 0.426 bits per heavy atom. The normalized spacial score (nSPS) is 24.3. The van der Waals surface area contributed by atoms with E-state index in [1.165, 1.54) is 44.5 Å². The third-order valence-electron chi connectivity index (χ3n) is 10.3. The number of hydrogen-bond donors (Lipinski definition) is 2. The van der Waals surface area contributed by atoms with Gasteiger partial charge in [-0.25, -0.2) is 0 Å². The van der Waals surface area contributed by atoms with Crippen LogP contribution in [0.2, 0.25) is 0 Å². The highest BCUT2D eigenvalue weighted by molar-refractivity contribution is 5.95. The molecule has 0 saturated carbocycles. The molecule has 11 rings (SSSR count). The van der Waals surface area contributed by atoms with Crippen molar-refractivity contribution < 1.29 is 23.8 Å². The van der Waals surface area contributed by atoms with Gasteiger partial charge in [0.2, 0.25) is 0 Å². The minimum absolute atomic E-state index is 0.00749. The molecule has 4 aromatic carbocycles. The maximum atomic E-state index is 13.5. The summed E-state index contributed by atoms with van der Waals surface area (Å²) in [4.78, 5) is 27.0. The van der Waals surface area contributed by atoms with Gasteiger partial charge in [0.1, 0.15) is 0 Å². The van der Waals surface area contributed by atoms with E-state index >= 15 is 0 Å². The Bertz CT molecular complexity index is 1690. The molecule has 2 N–H and O–H groups in total. The lowest BCUT2D eigenvalue weighted by molar-refractivity contribution is 0.0139. The number of ether oxygens (including phenoxy) is 3. The van der Waals surface area contributed by atoms with E-state index in [0.717, 1.165) is 12.8 Å². The van der Waals surface area contributed by atoms with Gasteiger partial charge < -0.3 is 24.8 Å². The smallest absolute Gasteiger partial charge is 0.251 e. The van der Waals surface area contributed by atoms with Crippen LogP contribution in [-0.4, -0.2) is 64.5 Å². The van der Waals surface area contributed by atoms with Gasteiger partial charge in [-0.1, -0.05) is 60.7 Å². The number of amides is 2. The molecule has 240 valence electrons. The van der Waals surface area contributed by atoms with Crippen LogP contribution in [0.1, 0.15) is 102 Å². The summed E-state index contributed by atoms with van der Waals surface area (Å²) >= 11 is 0. The zero-order valence-corrected chi connectivity index (χ0v) is 26.5. The second-order valence-corrected chi connectivity index (χ2v) is 12.9. The predicted octanol–water partition coefficient (Wildman–Crippen LogP) is 5.86. The number of fused-ring (bicyclic) bond motifs is 2. The molecule has 47 heavy (non-hydrogen) atoms. The van der Waals surface area contributed by atoms with Gasteiger partial charge >= 0.3 is 0 Å². The average molecular weight is 629 g/mol. The molecular formula is C40H40N2O5. The van der Waals surface area contributed by atoms with Gasteiger partial charge in [-0.15, -0.1) is 0 Å². The Balaban J connectivity index is 1.23. The summed E-state index contributed by atoms with van der Waals surface area (Å²) in [5.74, 6) is 0.00714. The van der Waals surface area contributed by atoms with E-state index < -0.39 is 0 Å². The predicted molar refractivity (Wildman–Crippen MR) is 179 cm³/mol. The van der Waals surface area contributed by atoms with Crippen LogP contribution in [0, 0.1) is 0 Å². The van der Waals surface area contributed by atoms with Crippen LogP contribution in [0.5, 0.6) is 0 Å². The van der Waals surface area contributed by atoms with Crippen molar-refractivity contribution in [2.24, 2.45) is 0 Å². The Morgan fingerprint density at radius 2 is 0.766 bits per heavy atom. The highest BCUT2D eigenvalue weighted by atomic mass is 16.5. The van der Waals surface area contributed by atoms with E-state index in [2.05, 4.69) is 83.4 Å². The Hall–Kier alpha value is -4.30. The molecule has 7 nitrogen and oxygen atoms in total. The Labute approximate surface area is 275 Å². The quantitative estimate of drug-likeness (QED) is 0.255. The molecule has 0 unspecified atom stereocenters. The molecular weight excluding hydrogens is 588 g/mol. The van der Waals surface area contributed by atoms with Gasteiger partial charge in [0.05, 0.1) is 26.4 Å². The number of carbonyl (C=O) groups excluding carboxylic acids is 2. The highest BCUT2D eigenvalue weighted by Gasteiger charge is 2.49. The fraction of sp³-hybridized carbons (Fsp3) is 0.350. The third-order valence-corrected chi connectivity index (χ3v) is 10.3. The number of benzene rings is 4. The topological polar surface area (TPSA) is 85.9 Å². The summed E-state index contributed by atoms with van der Waals surface area (Å²) < 4.78 is 17.0. The van der Waals surface area contributed by atoms with Crippen LogP contribution < -0.4 is 10.6 Å². The molecule has 6 aliphatic carbocycles. The minimum Gasteiger partial charge on any atom is -0.379 e. The molecule has 0 saturated heterocycles. The maximum Gasteiger partial charge on any atom is 0.251 e. The molecule has 0 spiro atoms. The number of nitrogens with one attached hydrogen (secondary N) is 2. The average Bonchev–Trinajstić information content (AvgIpc) is 3.09. The first-order valence-corrected chi connectivity index (χ1v) is 17.0. The summed E-state index contributed by atoms with van der Waals surface area (Å²) in [5.41, 5.74) is 11.7. The third kappa shape index (κ3) is 5.46. The summed E-state index contributed by atoms with van der Waals surface area (Å²) in [5, 5.41) is 6.22. The lowest BCUT2D eigenvalue weighted by Crippen LogP contribution is -2.36. The van der Waals surface area contributed by atoms with Crippen molar-refractivity contribution in [3.8, 4) is 0 Å². The van der Waals surface area contributed by atoms with E-state index in [-0.39, 0.29) is 35.5 Å². The van der Waals surface area contributed by atoms with Crippen LogP contribution in [-0.2, 0) is 14.2 Å². The fourth-order valence-electron chi connectivity index (χ4n) is 8.30. The number of rotatable bonds is 0. The largest absolute Gasteiger partial charge is 0.379 e. The van der Waals surface area contributed by atoms with E-state index in [1.807, 2.05) is 12.1 Å². The minimum atomic E-state index is -0.0715. The first-order chi connectivity index (χ1) is 23.2. The van der Waals surface area contributed by atoms with Crippen LogP contribution >= 0.6 is 0 Å². The van der Waals surface area contributed by atoms with E-state index in [0.29, 0.717) is 63.9 Å². The molecule has 7 heteroatoms. The van der Waals surface area contributed by atoms with Gasteiger partial charge in [0.25, 0.3) is 11.8 Å². The van der Waals surface area contributed by atoms with Crippen LogP contribution in [0.15, 0.2) is 84.9 Å². The van der Waals surface area contributed by atoms with Gasteiger partial charge in [0, 0.05) is 61.1 Å². The maximum absolute atomic E-state index is 13.5. The van der Waals surface area contributed by atoms with Crippen molar-refractivity contribution in [1.82, 2.24) is 10.6 Å². The second-order valence-electron chi connectivity index (χ2n) is 12.9. The summed E-state index contributed by atoms with van der Waals surface area (Å²) in [6.07, 6.45) is 1.45. The zero-order chi connectivity index (χ0) is 31.7. The molecule has 1 aliphatic heterocycles. The van der Waals surface area contributed by atoms with Crippen LogP contribution in [0.4, 0.5) is 0 Å². The lowest BCUT2D eigenvalue weighted by atomic mass is 9.53. The molecule has 8 bridgehead atoms. The molecule has 0 aromatic heterocycles. The van der Waals surface area contributed by atoms with E-state index in [1.54, 1.807) is 0 Å². The molecule has 7 aliphatic rings. The van der Waals surface area contributed by atoms with E-state index in [9.17, 15) is 9.59 Å². The Morgan fingerprint density at radius 3 is 1.17 bits per heavy atom. The Kier molecular flexibility index (Phi) is 8.36. The first kappa shape index (κ1) is 30.1. The molecule has 0 fully saturated rings. The standard InChI is InChI=1S/C40H40N2O5/c43-39-25-11-13-31-33(23-25)37-29-9-3-1-7-27(29)35(31)36-28-8-2-4-10-30(28)38(37)34-24-26(12-14-32(34)36)40(44)42-16-6-18-46-20-22-47-21-19-45-17-5-15-41-39/h1-4,7-14,23-24,35-38H,5-6,15-22H2,(H,41,43)(H,42,44)/t35-,36+,37+,38-. The van der Waals surface area contributed by atoms with Crippen molar-refractivity contribution >= 4 is 11.8 Å². The van der Waals surface area contributed by atoms with Crippen molar-refractivity contribution in [3.63, 3.8) is 0 Å². The summed E-state index contributed by atoms with van der Waals surface area (Å²) in [6, 6.07) is 30.3. The highest BCUT2D eigenvalue weighted by Crippen LogP contribution is 2.64. The van der Waals surface area contributed by atoms with Crippen molar-refractivity contribution in [2.45, 2.75) is 36.5 Å². The van der Waals surface area contributed by atoms with Crippen molar-refractivity contribution in [1.29, 1.82) is 0 Å². The number of carbonyl (C=O) groups is 2. The second kappa shape index (κ2) is 13.1. The molecule has 1 heterocycles. The van der Waals surface area contributed by atoms with Gasteiger partial charge in [0.15, 0.2) is 0 Å². The molecule has 2 amide bonds. The fourth-order valence-corrected chi connectivity index (χ4v) is 8.30. The zero-order valence-electron chi connectivity index (χ0n) is 26.5. The summed E-state index contributed by atoms with van der Waals surface area (Å²) in [6.45, 7) is 4.19. The summed E-state index contributed by atoms with van der Waals surface area (Å²) in [7, 11) is 0. The van der Waals surface area contributed by atoms with Gasteiger partial charge in [-0.3, -0.25) is 9.59 Å². The SMILES string of the molecule is O=C1NCCCOCCOCCOCCCNC(=O)c2ccc3c(c2)[C@@H]2c4ccccc4[C@H]3[C@H]3c4ccccc4[C@@H]2c2cc1ccc23. The first-order valence-electron chi connectivity index (χ1n) is 17.0. The van der Waals surface area contributed by atoms with Crippen molar-refractivity contribution in [3.05, 3.63) is 141 Å². The molecule has 4 aromatic rings. The van der Waals surface area contributed by atoms with E-state index in [4.69, 9.17) is 14.2 Å². The lowest BCUT2D eigenvalue weighted by Gasteiger charge is -2.50. The molecule has 0 radical (unpaired) electrons. The molecule has 4 atom stereocenters. The van der Waals surface area contributed by atoms with Crippen LogP contribution in [0.25, 0.3) is 0 Å². The number of hydrogen-bond acceptors (Lipinski definition) is 5. The van der Waals surface area contributed by atoms with Crippen molar-refractivity contribution in [2.75, 3.05) is 52.7 Å². The van der Waals surface area contributed by atoms with Gasteiger partial charge in [-0.05, 0) is 81.6 Å². The monoisotopic (exact) mass is 628 g/mol. The van der Waals surface area contributed by atoms with Gasteiger partial charge in [-0.2, -0.15) is 0 Å².